The minimum absolute atomic E-state index is 0.287. The molecule has 0 saturated carbocycles. The van der Waals surface area contributed by atoms with Crippen molar-refractivity contribution in [1.29, 1.82) is 0 Å². The van der Waals surface area contributed by atoms with Gasteiger partial charge in [0.2, 0.25) is 0 Å². The molecule has 0 radical (unpaired) electrons. The number of aliphatic hydroxyl groups is 1. The molecule has 0 aliphatic heterocycles. The zero-order chi connectivity index (χ0) is 15.8. The summed E-state index contributed by atoms with van der Waals surface area (Å²) in [7, 11) is 0. The van der Waals surface area contributed by atoms with Crippen LogP contribution in [-0.2, 0) is 0 Å². The summed E-state index contributed by atoms with van der Waals surface area (Å²) < 4.78 is 13.2. The topological polar surface area (TPSA) is 23.5 Å². The number of aliphatic hydroxyl groups excluding tert-OH is 1. The Morgan fingerprint density at radius 1 is 1.19 bits per heavy atom. The molecule has 0 heterocycles. The maximum Gasteiger partial charge on any atom is 0.123 e. The second kappa shape index (κ2) is 9.16. The number of hydrogen-bond acceptors (Lipinski definition) is 2. The average Bonchev–Trinajstić information content (AvgIpc) is 2.45. The van der Waals surface area contributed by atoms with Crippen molar-refractivity contribution in [3.63, 3.8) is 0 Å². The lowest BCUT2D eigenvalue weighted by molar-refractivity contribution is 0.111. The number of rotatable bonds is 9. The molecular formula is C18H30FNO. The third kappa shape index (κ3) is 6.15. The zero-order valence-electron chi connectivity index (χ0n) is 13.8. The summed E-state index contributed by atoms with van der Waals surface area (Å²) in [6.07, 6.45) is 2.30. The zero-order valence-corrected chi connectivity index (χ0v) is 13.8. The van der Waals surface area contributed by atoms with E-state index in [0.717, 1.165) is 25.9 Å². The largest absolute Gasteiger partial charge is 0.388 e. The van der Waals surface area contributed by atoms with Gasteiger partial charge >= 0.3 is 0 Å². The Kier molecular flexibility index (Phi) is 7.91. The molecule has 1 N–H and O–H groups in total. The predicted octanol–water partition coefficient (Wildman–Crippen LogP) is 4.40. The van der Waals surface area contributed by atoms with Gasteiger partial charge in [-0.2, -0.15) is 0 Å². The molecule has 1 aromatic rings. The molecule has 21 heavy (non-hydrogen) atoms. The average molecular weight is 295 g/mol. The minimum atomic E-state index is -0.593. The Bertz CT molecular complexity index is 404. The van der Waals surface area contributed by atoms with Crippen LogP contribution in [0.2, 0.25) is 0 Å². The van der Waals surface area contributed by atoms with Crippen LogP contribution in [-0.4, -0.2) is 29.1 Å². The molecule has 3 heteroatoms. The number of nitrogens with zero attached hydrogens (tertiary/aromatic N) is 1. The normalized spacial score (nSPS) is 13.4. The standard InChI is InChI=1S/C18H30FNO/c1-5-17(6-2)20(13-14(3)4)11-10-18(21)15-8-7-9-16(19)12-15/h7-9,12,14,17-18,21H,5-6,10-11,13H2,1-4H3. The highest BCUT2D eigenvalue weighted by atomic mass is 19.1. The second-order valence-electron chi connectivity index (χ2n) is 6.22. The summed E-state index contributed by atoms with van der Waals surface area (Å²) >= 11 is 0. The number of halogens is 1. The first-order chi connectivity index (χ1) is 9.97. The third-order valence-corrected chi connectivity index (χ3v) is 3.98. The fraction of sp³-hybridized carbons (Fsp3) is 0.667. The molecule has 0 fully saturated rings. The molecule has 120 valence electrons. The molecule has 1 rings (SSSR count). The molecule has 0 saturated heterocycles. The highest BCUT2D eigenvalue weighted by molar-refractivity contribution is 5.18. The lowest BCUT2D eigenvalue weighted by atomic mass is 10.0. The van der Waals surface area contributed by atoms with Crippen molar-refractivity contribution >= 4 is 0 Å². The van der Waals surface area contributed by atoms with Gasteiger partial charge in [-0.05, 0) is 42.9 Å². The second-order valence-corrected chi connectivity index (χ2v) is 6.22. The highest BCUT2D eigenvalue weighted by Crippen LogP contribution is 2.20. The molecule has 1 aromatic carbocycles. The van der Waals surface area contributed by atoms with Crippen molar-refractivity contribution in [3.05, 3.63) is 35.6 Å². The lowest BCUT2D eigenvalue weighted by Gasteiger charge is -2.32. The third-order valence-electron chi connectivity index (χ3n) is 3.98. The first-order valence-electron chi connectivity index (χ1n) is 8.15. The van der Waals surface area contributed by atoms with Crippen LogP contribution in [0.1, 0.15) is 58.6 Å². The molecule has 0 aliphatic carbocycles. The van der Waals surface area contributed by atoms with E-state index < -0.39 is 6.10 Å². The molecular weight excluding hydrogens is 265 g/mol. The summed E-state index contributed by atoms with van der Waals surface area (Å²) in [5.74, 6) is 0.322. The van der Waals surface area contributed by atoms with E-state index in [9.17, 15) is 9.50 Å². The van der Waals surface area contributed by atoms with Gasteiger partial charge in [0.25, 0.3) is 0 Å². The van der Waals surface area contributed by atoms with Crippen molar-refractivity contribution in [2.24, 2.45) is 5.92 Å². The van der Waals surface area contributed by atoms with Gasteiger partial charge in [0.15, 0.2) is 0 Å². The molecule has 1 unspecified atom stereocenters. The van der Waals surface area contributed by atoms with E-state index in [2.05, 4.69) is 32.6 Å². The molecule has 0 amide bonds. The first kappa shape index (κ1) is 18.1. The monoisotopic (exact) mass is 295 g/mol. The smallest absolute Gasteiger partial charge is 0.123 e. The van der Waals surface area contributed by atoms with Gasteiger partial charge in [-0.3, -0.25) is 0 Å². The van der Waals surface area contributed by atoms with Crippen molar-refractivity contribution in [2.45, 2.75) is 59.1 Å². The van der Waals surface area contributed by atoms with Gasteiger partial charge in [0.1, 0.15) is 5.82 Å². The van der Waals surface area contributed by atoms with Crippen LogP contribution in [0.4, 0.5) is 4.39 Å². The van der Waals surface area contributed by atoms with Crippen molar-refractivity contribution in [3.8, 4) is 0 Å². The van der Waals surface area contributed by atoms with Gasteiger partial charge in [0.05, 0.1) is 6.10 Å². The van der Waals surface area contributed by atoms with E-state index in [1.807, 2.05) is 0 Å². The van der Waals surface area contributed by atoms with Gasteiger partial charge in [0, 0.05) is 19.1 Å². The Morgan fingerprint density at radius 2 is 1.86 bits per heavy atom. The summed E-state index contributed by atoms with van der Waals surface area (Å²) in [6, 6.07) is 6.84. The van der Waals surface area contributed by atoms with Crippen LogP contribution in [0.15, 0.2) is 24.3 Å². The van der Waals surface area contributed by atoms with E-state index >= 15 is 0 Å². The van der Waals surface area contributed by atoms with Gasteiger partial charge < -0.3 is 10.0 Å². The fourth-order valence-electron chi connectivity index (χ4n) is 2.87. The fourth-order valence-corrected chi connectivity index (χ4v) is 2.87. The summed E-state index contributed by atoms with van der Waals surface area (Å²) in [6.45, 7) is 10.8. The van der Waals surface area contributed by atoms with E-state index in [1.165, 1.54) is 12.1 Å². The summed E-state index contributed by atoms with van der Waals surface area (Å²) in [4.78, 5) is 2.47. The quantitative estimate of drug-likeness (QED) is 0.730. The van der Waals surface area contributed by atoms with Crippen molar-refractivity contribution in [2.75, 3.05) is 13.1 Å². The van der Waals surface area contributed by atoms with Crippen LogP contribution in [0.5, 0.6) is 0 Å². The van der Waals surface area contributed by atoms with Gasteiger partial charge in [-0.15, -0.1) is 0 Å². The SMILES string of the molecule is CCC(CC)N(CCC(O)c1cccc(F)c1)CC(C)C. The number of benzene rings is 1. The maximum absolute atomic E-state index is 13.2. The summed E-state index contributed by atoms with van der Waals surface area (Å²) in [5.41, 5.74) is 0.670. The van der Waals surface area contributed by atoms with Crippen LogP contribution < -0.4 is 0 Å². The number of hydrogen-bond donors (Lipinski definition) is 1. The Labute approximate surface area is 129 Å². The maximum atomic E-state index is 13.2. The Hall–Kier alpha value is -0.930. The Morgan fingerprint density at radius 3 is 2.38 bits per heavy atom. The predicted molar refractivity (Wildman–Crippen MR) is 86.8 cm³/mol. The van der Waals surface area contributed by atoms with E-state index in [-0.39, 0.29) is 5.82 Å². The molecule has 0 aromatic heterocycles. The minimum Gasteiger partial charge on any atom is -0.388 e. The van der Waals surface area contributed by atoms with Crippen molar-refractivity contribution < 1.29 is 9.50 Å². The summed E-state index contributed by atoms with van der Waals surface area (Å²) in [5, 5.41) is 10.3. The van der Waals surface area contributed by atoms with Crippen LogP contribution in [0, 0.1) is 11.7 Å². The highest BCUT2D eigenvalue weighted by Gasteiger charge is 2.18. The van der Waals surface area contributed by atoms with Crippen molar-refractivity contribution in [1.82, 2.24) is 4.90 Å². The lowest BCUT2D eigenvalue weighted by Crippen LogP contribution is -2.38. The van der Waals surface area contributed by atoms with E-state index in [0.29, 0.717) is 23.9 Å². The van der Waals surface area contributed by atoms with E-state index in [1.54, 1.807) is 12.1 Å². The van der Waals surface area contributed by atoms with Crippen LogP contribution >= 0.6 is 0 Å². The first-order valence-corrected chi connectivity index (χ1v) is 8.15. The van der Waals surface area contributed by atoms with E-state index in [4.69, 9.17) is 0 Å². The van der Waals surface area contributed by atoms with Gasteiger partial charge in [-0.25, -0.2) is 4.39 Å². The molecule has 0 bridgehead atoms. The van der Waals surface area contributed by atoms with Crippen LogP contribution in [0.25, 0.3) is 0 Å². The van der Waals surface area contributed by atoms with Gasteiger partial charge in [-0.1, -0.05) is 39.8 Å². The molecule has 0 spiro atoms. The molecule has 2 nitrogen and oxygen atoms in total. The molecule has 1 atom stereocenters. The van der Waals surface area contributed by atoms with Crippen LogP contribution in [0.3, 0.4) is 0 Å². The molecule has 0 aliphatic rings. The Balaban J connectivity index is 2.62.